The summed E-state index contributed by atoms with van der Waals surface area (Å²) < 4.78 is 43.5. The van der Waals surface area contributed by atoms with Gasteiger partial charge in [0, 0.05) is 10.7 Å². The molecule has 0 aliphatic carbocycles. The first kappa shape index (κ1) is 25.7. The third kappa shape index (κ3) is 5.44. The molecule has 2 aromatic carbocycles. The number of carbonyl (C=O) groups is 1. The van der Waals surface area contributed by atoms with Crippen molar-refractivity contribution in [1.29, 1.82) is 0 Å². The van der Waals surface area contributed by atoms with Crippen molar-refractivity contribution in [1.82, 2.24) is 0 Å². The highest BCUT2D eigenvalue weighted by Gasteiger charge is 2.25. The lowest BCUT2D eigenvalue weighted by Crippen LogP contribution is -2.16. The van der Waals surface area contributed by atoms with Crippen molar-refractivity contribution in [3.63, 3.8) is 0 Å². The van der Waals surface area contributed by atoms with E-state index in [1.165, 1.54) is 12.1 Å². The monoisotopic (exact) mass is 964 g/mol. The minimum absolute atomic E-state index is 0.181. The van der Waals surface area contributed by atoms with Crippen LogP contribution in [0, 0.1) is 24.8 Å². The Hall–Kier alpha value is 1.47. The molecule has 0 saturated heterocycles. The number of benzene rings is 2. The van der Waals surface area contributed by atoms with Crippen LogP contribution in [0.1, 0.15) is 41.3 Å². The van der Waals surface area contributed by atoms with Crippen LogP contribution in [0.5, 0.6) is 5.75 Å². The van der Waals surface area contributed by atoms with E-state index in [1.54, 1.807) is 20.8 Å². The zero-order valence-electron chi connectivity index (χ0n) is 14.6. The topological polar surface area (TPSA) is 80.7 Å². The Morgan fingerprint density at radius 1 is 0.964 bits per heavy atom. The summed E-state index contributed by atoms with van der Waals surface area (Å²) in [6, 6.07) is 2.81. The van der Waals surface area contributed by atoms with E-state index < -0.39 is 16.1 Å². The summed E-state index contributed by atoms with van der Waals surface area (Å²) in [5.74, 6) is -0.278. The first-order chi connectivity index (χ1) is 12.8. The van der Waals surface area contributed by atoms with Gasteiger partial charge in [0.1, 0.15) is 0 Å². The van der Waals surface area contributed by atoms with Crippen LogP contribution in [-0.2, 0) is 10.1 Å². The maximum absolute atomic E-state index is 12.9. The summed E-state index contributed by atoms with van der Waals surface area (Å²) in [4.78, 5) is 12.8. The Kier molecular flexibility index (Phi) is 9.14. The molecule has 2 rings (SSSR count). The smallest absolute Gasteiger partial charge is 0.343 e. The lowest BCUT2D eigenvalue weighted by Gasteiger charge is -2.17. The number of carbonyl (C=O) groups excluding carboxylic acids is 1. The second-order valence-electron chi connectivity index (χ2n) is 6.12. The van der Waals surface area contributed by atoms with Gasteiger partial charge in [0.05, 0.1) is 17.6 Å². The normalized spacial score (nSPS) is 11.8. The van der Waals surface area contributed by atoms with Gasteiger partial charge in [-0.05, 0) is 149 Å². The summed E-state index contributed by atoms with van der Waals surface area (Å²) in [6.07, 6.45) is 0. The largest absolute Gasteiger partial charge is 0.421 e. The first-order valence-electron chi connectivity index (χ1n) is 7.63. The molecule has 0 spiro atoms. The summed E-state index contributed by atoms with van der Waals surface area (Å²) in [6.45, 7) is 5.21. The summed E-state index contributed by atoms with van der Waals surface area (Å²) >= 11 is 11.0. The Bertz CT molecular complexity index is 1050. The summed E-state index contributed by atoms with van der Waals surface area (Å²) in [5.41, 5.74) is 1.06. The fraction of sp³-hybridized carbons (Fsp3) is 0.235. The summed E-state index contributed by atoms with van der Waals surface area (Å²) in [7, 11) is -4.39. The molecule has 0 amide bonds. The molecule has 0 unspecified atom stereocenters. The number of halogens is 5. The Morgan fingerprint density at radius 2 is 1.43 bits per heavy atom. The van der Waals surface area contributed by atoms with Crippen LogP contribution in [-0.4, -0.2) is 18.9 Å². The molecule has 11 heteroatoms. The fourth-order valence-corrected chi connectivity index (χ4v) is 8.26. The minimum atomic E-state index is -4.39. The van der Waals surface area contributed by atoms with Crippen molar-refractivity contribution in [2.45, 2.75) is 31.6 Å². The lowest BCUT2D eigenvalue weighted by atomic mass is 9.97. The van der Waals surface area contributed by atoms with Gasteiger partial charge in [-0.15, -0.1) is 0 Å². The van der Waals surface area contributed by atoms with Gasteiger partial charge in [-0.1, -0.05) is 13.8 Å². The van der Waals surface area contributed by atoms with Gasteiger partial charge >= 0.3 is 5.97 Å². The van der Waals surface area contributed by atoms with Crippen molar-refractivity contribution < 1.29 is 22.5 Å². The number of hydrogen-bond acceptors (Lipinski definition) is 4. The van der Waals surface area contributed by atoms with Crippen molar-refractivity contribution in [2.24, 2.45) is 0 Å². The molecule has 0 aromatic heterocycles. The predicted molar refractivity (Wildman–Crippen MR) is 150 cm³/mol. The van der Waals surface area contributed by atoms with Crippen LogP contribution in [0.4, 0.5) is 0 Å². The number of aryl methyl sites for hydroxylation is 1. The van der Waals surface area contributed by atoms with Gasteiger partial charge in [0.15, 0.2) is 5.75 Å². The molecule has 0 heterocycles. The van der Waals surface area contributed by atoms with Crippen molar-refractivity contribution in [3.05, 3.63) is 46.7 Å². The second kappa shape index (κ2) is 9.95. The number of esters is 1. The molecule has 1 N–H and O–H groups in total. The molecule has 28 heavy (non-hydrogen) atoms. The van der Waals surface area contributed by atoms with E-state index in [4.69, 9.17) is 4.74 Å². The maximum Gasteiger partial charge on any atom is 0.343 e. The molecular formula is C17H13I5O5S. The van der Waals surface area contributed by atoms with Crippen LogP contribution in [0.2, 0.25) is 0 Å². The van der Waals surface area contributed by atoms with E-state index in [0.29, 0.717) is 16.9 Å². The zero-order valence-corrected chi connectivity index (χ0v) is 26.2. The van der Waals surface area contributed by atoms with Gasteiger partial charge in [-0.25, -0.2) is 4.79 Å². The quantitative estimate of drug-likeness (QED) is 0.0934. The van der Waals surface area contributed by atoms with Crippen molar-refractivity contribution in [2.75, 3.05) is 0 Å². The van der Waals surface area contributed by atoms with E-state index in [2.05, 4.69) is 113 Å². The van der Waals surface area contributed by atoms with Crippen LogP contribution in [0.25, 0.3) is 0 Å². The number of hydrogen-bond donors (Lipinski definition) is 1. The van der Waals surface area contributed by atoms with Crippen LogP contribution in [0.3, 0.4) is 0 Å². The zero-order chi connectivity index (χ0) is 21.5. The van der Waals surface area contributed by atoms with Gasteiger partial charge < -0.3 is 4.74 Å². The predicted octanol–water partition coefficient (Wildman–Crippen LogP) is 6.61. The summed E-state index contributed by atoms with van der Waals surface area (Å²) in [5, 5.41) is 0. The number of rotatable bonds is 4. The van der Waals surface area contributed by atoms with E-state index in [0.717, 1.165) is 17.9 Å². The van der Waals surface area contributed by atoms with E-state index in [1.807, 2.05) is 0 Å². The fourth-order valence-electron chi connectivity index (χ4n) is 2.41. The van der Waals surface area contributed by atoms with E-state index in [9.17, 15) is 17.8 Å². The highest BCUT2D eigenvalue weighted by atomic mass is 127. The molecule has 0 radical (unpaired) electrons. The molecule has 0 aliphatic heterocycles. The third-order valence-corrected chi connectivity index (χ3v) is 14.2. The Morgan fingerprint density at radius 3 is 1.86 bits per heavy atom. The van der Waals surface area contributed by atoms with Crippen LogP contribution >= 0.6 is 113 Å². The molecule has 0 saturated carbocycles. The molecule has 0 fully saturated rings. The van der Waals surface area contributed by atoms with Crippen molar-refractivity contribution in [3.8, 4) is 5.75 Å². The molecular weight excluding hydrogens is 951 g/mol. The molecule has 2 aromatic rings. The average molecular weight is 964 g/mol. The van der Waals surface area contributed by atoms with Crippen LogP contribution in [0.15, 0.2) is 17.0 Å². The highest BCUT2D eigenvalue weighted by molar-refractivity contribution is 14.1. The molecule has 5 nitrogen and oxygen atoms in total. The van der Waals surface area contributed by atoms with Gasteiger partial charge in [-0.3, -0.25) is 4.55 Å². The van der Waals surface area contributed by atoms with E-state index in [-0.39, 0.29) is 16.4 Å². The standard InChI is InChI=1S/C17H13I5O5S/c1-6(2)8-5-9(7(3)4-10(8)28(24,25)26)17(23)27-16-14(21)12(19)11(18)13(20)15(16)22/h4-6H,1-3H3,(H,24,25,26). The van der Waals surface area contributed by atoms with Gasteiger partial charge in [0.25, 0.3) is 10.1 Å². The molecule has 0 bridgehead atoms. The minimum Gasteiger partial charge on any atom is -0.421 e. The Balaban J connectivity index is 2.60. The first-order valence-corrected chi connectivity index (χ1v) is 14.5. The van der Waals surface area contributed by atoms with E-state index >= 15 is 0 Å². The highest BCUT2D eigenvalue weighted by Crippen LogP contribution is 2.39. The average Bonchev–Trinajstić information content (AvgIpc) is 2.60. The molecule has 0 aliphatic rings. The Labute approximate surface area is 232 Å². The third-order valence-electron chi connectivity index (χ3n) is 3.84. The maximum atomic E-state index is 12.9. The lowest BCUT2D eigenvalue weighted by molar-refractivity contribution is 0.0730. The van der Waals surface area contributed by atoms with Gasteiger partial charge in [0.2, 0.25) is 0 Å². The van der Waals surface area contributed by atoms with Gasteiger partial charge in [-0.2, -0.15) is 8.42 Å². The molecule has 152 valence electrons. The number of ether oxygens (including phenoxy) is 1. The van der Waals surface area contributed by atoms with Crippen LogP contribution < -0.4 is 4.74 Å². The van der Waals surface area contributed by atoms with Crippen molar-refractivity contribution >= 4 is 129 Å². The SMILES string of the molecule is Cc1cc(S(=O)(=O)O)c(C(C)C)cc1C(=O)Oc1c(I)c(I)c(I)c(I)c1I. The molecule has 0 atom stereocenters. The second-order valence-corrected chi connectivity index (χ2v) is 12.9.